The van der Waals surface area contributed by atoms with Crippen molar-refractivity contribution in [1.29, 1.82) is 0 Å². The topological polar surface area (TPSA) is 61.4 Å². The molecule has 0 saturated carbocycles. The number of aryl methyl sites for hydroxylation is 1. The van der Waals surface area contributed by atoms with Crippen LogP contribution in [0.25, 0.3) is 11.3 Å². The first-order valence-corrected chi connectivity index (χ1v) is 7.43. The molecule has 0 bridgehead atoms. The van der Waals surface area contributed by atoms with Gasteiger partial charge in [-0.2, -0.15) is 0 Å². The summed E-state index contributed by atoms with van der Waals surface area (Å²) in [6.07, 6.45) is 5.34. The van der Waals surface area contributed by atoms with Crippen LogP contribution in [0.5, 0.6) is 5.75 Å². The Balaban J connectivity index is 2.04. The molecule has 6 heteroatoms. The van der Waals surface area contributed by atoms with Gasteiger partial charge in [0.05, 0.1) is 6.61 Å². The lowest BCUT2D eigenvalue weighted by atomic mass is 10.3. The zero-order valence-electron chi connectivity index (χ0n) is 12.7. The Morgan fingerprint density at radius 2 is 1.86 bits per heavy atom. The van der Waals surface area contributed by atoms with Crippen molar-refractivity contribution in [2.75, 3.05) is 6.61 Å². The van der Waals surface area contributed by atoms with Gasteiger partial charge in [-0.15, -0.1) is 10.2 Å². The Kier molecular flexibility index (Phi) is 3.91. The third kappa shape index (κ3) is 2.47. The van der Waals surface area contributed by atoms with E-state index < -0.39 is 0 Å². The second kappa shape index (κ2) is 6.01. The molecule has 2 heterocycles. The fourth-order valence-electron chi connectivity index (χ4n) is 2.40. The zero-order chi connectivity index (χ0) is 15.5. The van der Waals surface area contributed by atoms with E-state index in [1.165, 1.54) is 0 Å². The lowest BCUT2D eigenvalue weighted by Gasteiger charge is -2.08. The van der Waals surface area contributed by atoms with Gasteiger partial charge in [0.25, 0.3) is 0 Å². The normalized spacial score (nSPS) is 11.0. The van der Waals surface area contributed by atoms with Crippen molar-refractivity contribution >= 4 is 5.65 Å². The van der Waals surface area contributed by atoms with Crippen molar-refractivity contribution in [2.24, 2.45) is 0 Å². The van der Waals surface area contributed by atoms with E-state index in [9.17, 15) is 4.79 Å². The number of ether oxygens (including phenoxy) is 1. The molecule has 22 heavy (non-hydrogen) atoms. The van der Waals surface area contributed by atoms with E-state index in [0.717, 1.165) is 30.1 Å². The molecule has 0 amide bonds. The summed E-state index contributed by atoms with van der Waals surface area (Å²) < 4.78 is 8.74. The van der Waals surface area contributed by atoms with Gasteiger partial charge in [-0.25, -0.2) is 0 Å². The third-order valence-electron chi connectivity index (χ3n) is 3.44. The van der Waals surface area contributed by atoms with Crippen LogP contribution in [0.2, 0.25) is 0 Å². The third-order valence-corrected chi connectivity index (χ3v) is 3.44. The molecule has 0 radical (unpaired) electrons. The molecular formula is C16H18N4O2. The maximum atomic E-state index is 12.6. The monoisotopic (exact) mass is 298 g/mol. The summed E-state index contributed by atoms with van der Waals surface area (Å²) in [7, 11) is 0. The van der Waals surface area contributed by atoms with Crippen LogP contribution >= 0.6 is 0 Å². The molecule has 114 valence electrons. The molecule has 0 fully saturated rings. The molecule has 1 aromatic carbocycles. The van der Waals surface area contributed by atoms with Crippen molar-refractivity contribution in [3.8, 4) is 11.4 Å². The van der Waals surface area contributed by atoms with Crippen molar-refractivity contribution in [2.45, 2.75) is 26.7 Å². The number of rotatable bonds is 5. The Morgan fingerprint density at radius 3 is 2.55 bits per heavy atom. The summed E-state index contributed by atoms with van der Waals surface area (Å²) in [5, 5.41) is 8.12. The van der Waals surface area contributed by atoms with Crippen molar-refractivity contribution in [1.82, 2.24) is 19.2 Å². The van der Waals surface area contributed by atoms with Gasteiger partial charge in [-0.1, -0.05) is 6.92 Å². The summed E-state index contributed by atoms with van der Waals surface area (Å²) in [5.41, 5.74) is 0.942. The van der Waals surface area contributed by atoms with Gasteiger partial charge in [0.15, 0.2) is 0 Å². The van der Waals surface area contributed by atoms with Gasteiger partial charge in [-0.3, -0.25) is 13.8 Å². The van der Waals surface area contributed by atoms with Crippen LogP contribution < -0.4 is 10.3 Å². The minimum Gasteiger partial charge on any atom is -0.494 e. The fraction of sp³-hybridized carbons (Fsp3) is 0.312. The Bertz CT molecular complexity index is 833. The quantitative estimate of drug-likeness (QED) is 0.724. The van der Waals surface area contributed by atoms with E-state index in [-0.39, 0.29) is 5.56 Å². The molecule has 0 aliphatic heterocycles. The molecule has 6 nitrogen and oxygen atoms in total. The molecule has 3 aromatic rings. The molecule has 2 aromatic heterocycles. The highest BCUT2D eigenvalue weighted by Gasteiger charge is 2.10. The minimum absolute atomic E-state index is 0.179. The predicted molar refractivity (Wildman–Crippen MR) is 83.7 cm³/mol. The van der Waals surface area contributed by atoms with E-state index in [0.29, 0.717) is 12.3 Å². The maximum absolute atomic E-state index is 12.6. The summed E-state index contributed by atoms with van der Waals surface area (Å²) in [6, 6.07) is 7.40. The molecule has 0 N–H and O–H groups in total. The highest BCUT2D eigenvalue weighted by molar-refractivity contribution is 5.42. The van der Waals surface area contributed by atoms with Crippen molar-refractivity contribution < 1.29 is 4.74 Å². The van der Waals surface area contributed by atoms with Crippen LogP contribution in [0.4, 0.5) is 0 Å². The number of hydrogen-bond donors (Lipinski definition) is 0. The van der Waals surface area contributed by atoms with Crippen LogP contribution in [0.3, 0.4) is 0 Å². The smallest absolute Gasteiger partial charge is 0.300 e. The average molecular weight is 298 g/mol. The number of benzene rings is 1. The standard InChI is InChI=1S/C16H18N4O2/c1-3-5-14-17-18-15-16(21)19(10-11-20(14)15)12-6-8-13(9-7-12)22-4-2/h6-11H,3-5H2,1-2H3. The van der Waals surface area contributed by atoms with E-state index in [1.54, 1.807) is 15.2 Å². The predicted octanol–water partition coefficient (Wildman–Crippen LogP) is 2.23. The largest absolute Gasteiger partial charge is 0.494 e. The Hall–Kier alpha value is -2.63. The Labute approximate surface area is 128 Å². The highest BCUT2D eigenvalue weighted by Crippen LogP contribution is 2.14. The molecule has 0 aliphatic carbocycles. The second-order valence-electron chi connectivity index (χ2n) is 4.96. The summed E-state index contributed by atoms with van der Waals surface area (Å²) in [4.78, 5) is 12.6. The number of nitrogens with zero attached hydrogens (tertiary/aromatic N) is 4. The van der Waals surface area contributed by atoms with Crippen LogP contribution in [-0.4, -0.2) is 25.8 Å². The van der Waals surface area contributed by atoms with Gasteiger partial charge in [0.2, 0.25) is 5.65 Å². The van der Waals surface area contributed by atoms with Crippen LogP contribution in [0.15, 0.2) is 41.5 Å². The lowest BCUT2D eigenvalue weighted by molar-refractivity contribution is 0.340. The van der Waals surface area contributed by atoms with Gasteiger partial charge >= 0.3 is 5.56 Å². The van der Waals surface area contributed by atoms with E-state index in [2.05, 4.69) is 17.1 Å². The molecule has 0 atom stereocenters. The van der Waals surface area contributed by atoms with E-state index in [1.807, 2.05) is 37.4 Å². The number of hydrogen-bond acceptors (Lipinski definition) is 4. The minimum atomic E-state index is -0.179. The fourth-order valence-corrected chi connectivity index (χ4v) is 2.40. The van der Waals surface area contributed by atoms with Gasteiger partial charge in [0, 0.05) is 24.5 Å². The Morgan fingerprint density at radius 1 is 1.09 bits per heavy atom. The average Bonchev–Trinajstić information content (AvgIpc) is 2.94. The molecule has 0 saturated heterocycles. The van der Waals surface area contributed by atoms with E-state index >= 15 is 0 Å². The highest BCUT2D eigenvalue weighted by atomic mass is 16.5. The lowest BCUT2D eigenvalue weighted by Crippen LogP contribution is -2.20. The molecular weight excluding hydrogens is 280 g/mol. The van der Waals surface area contributed by atoms with E-state index in [4.69, 9.17) is 4.74 Å². The van der Waals surface area contributed by atoms with Crippen LogP contribution in [0.1, 0.15) is 26.1 Å². The molecule has 0 unspecified atom stereocenters. The van der Waals surface area contributed by atoms with Crippen LogP contribution in [-0.2, 0) is 6.42 Å². The summed E-state index contributed by atoms with van der Waals surface area (Å²) in [5.74, 6) is 1.60. The second-order valence-corrected chi connectivity index (χ2v) is 4.96. The van der Waals surface area contributed by atoms with Crippen molar-refractivity contribution in [3.63, 3.8) is 0 Å². The van der Waals surface area contributed by atoms with Gasteiger partial charge < -0.3 is 4.74 Å². The van der Waals surface area contributed by atoms with Crippen LogP contribution in [0, 0.1) is 0 Å². The SMILES string of the molecule is CCCc1nnc2c(=O)n(-c3ccc(OCC)cc3)ccn12. The van der Waals surface area contributed by atoms with Crippen molar-refractivity contribution in [3.05, 3.63) is 52.8 Å². The number of fused-ring (bicyclic) bond motifs is 1. The zero-order valence-corrected chi connectivity index (χ0v) is 12.7. The molecule has 0 spiro atoms. The molecule has 3 rings (SSSR count). The number of aromatic nitrogens is 4. The maximum Gasteiger partial charge on any atom is 0.300 e. The van der Waals surface area contributed by atoms with Gasteiger partial charge in [0.1, 0.15) is 11.6 Å². The summed E-state index contributed by atoms with van der Waals surface area (Å²) in [6.45, 7) is 4.62. The van der Waals surface area contributed by atoms with Gasteiger partial charge in [-0.05, 0) is 37.6 Å². The first-order chi connectivity index (χ1) is 10.7. The first-order valence-electron chi connectivity index (χ1n) is 7.43. The summed E-state index contributed by atoms with van der Waals surface area (Å²) >= 11 is 0. The molecule has 0 aliphatic rings. The first kappa shape index (κ1) is 14.3.